The summed E-state index contributed by atoms with van der Waals surface area (Å²) in [6.07, 6.45) is 0. The molecule has 57 heavy (non-hydrogen) atoms. The van der Waals surface area contributed by atoms with E-state index in [1.807, 2.05) is 0 Å². The number of benzene rings is 9. The summed E-state index contributed by atoms with van der Waals surface area (Å²) in [7, 11) is 0. The van der Waals surface area contributed by atoms with Crippen LogP contribution in [-0.2, 0) is 0 Å². The van der Waals surface area contributed by atoms with Gasteiger partial charge in [-0.3, -0.25) is 0 Å². The van der Waals surface area contributed by atoms with Crippen LogP contribution < -0.4 is 0 Å². The number of aromatic nitrogens is 3. The molecule has 0 saturated heterocycles. The summed E-state index contributed by atoms with van der Waals surface area (Å²) < 4.78 is 323. The fourth-order valence-corrected chi connectivity index (χ4v) is 6.89. The Hall–Kier alpha value is -7.62. The predicted octanol–water partition coefficient (Wildman–Crippen LogP) is 14.3. The highest BCUT2D eigenvalue weighted by molar-refractivity contribution is 6.13. The van der Waals surface area contributed by atoms with Gasteiger partial charge < -0.3 is 13.7 Å². The Kier molecular flexibility index (Phi) is 2.78. The number of nitrogens with zero attached hydrogens (tertiary/aromatic N) is 3. The molecular weight excluding hydrogens is 691 g/mol. The molecule has 0 atom stereocenters. The van der Waals surface area contributed by atoms with Gasteiger partial charge in [0.15, 0.2) is 0 Å². The van der Waals surface area contributed by atoms with Crippen molar-refractivity contribution in [2.45, 2.75) is 0 Å². The minimum Gasteiger partial charge on any atom is -0.309 e. The Morgan fingerprint density at radius 1 is 0.228 bits per heavy atom. The minimum atomic E-state index is -1.23. The van der Waals surface area contributed by atoms with Crippen LogP contribution in [0.15, 0.2) is 211 Å². The number of rotatable bonds is 5. The first-order chi connectivity index (χ1) is 42.9. The molecule has 0 aliphatic carbocycles. The summed E-state index contributed by atoms with van der Waals surface area (Å²) >= 11 is 0. The molecule has 0 spiro atoms. The minimum absolute atomic E-state index is 0.524. The van der Waals surface area contributed by atoms with E-state index in [0.29, 0.717) is 9.13 Å². The van der Waals surface area contributed by atoms with Crippen LogP contribution in [-0.4, -0.2) is 13.7 Å². The Morgan fingerprint density at radius 3 is 1.11 bits per heavy atom. The maximum Gasteiger partial charge on any atom is 0.0667 e. The number of fused-ring (bicyclic) bond motifs is 9. The van der Waals surface area contributed by atoms with Gasteiger partial charge in [-0.05, 0) is 94.8 Å². The van der Waals surface area contributed by atoms with E-state index in [0.717, 1.165) is 4.57 Å². The molecule has 0 saturated carbocycles. The van der Waals surface area contributed by atoms with Crippen molar-refractivity contribution in [3.63, 3.8) is 0 Å². The second kappa shape index (κ2) is 12.5. The SMILES string of the molecule is [2H]c1c([2H])c([2H])c(-c2c([2H])c(-c3c([2H])c([2H])c([2H])c([2H])c3[2H])c([2H])c(-n3c4c([2H])c([2H])c([2H])c([2H])c4c4c([2H])c([2H])c(-n5c6c([2H])c([2H])c([2H])c([2H])c6c6c([2H])c(-n7c8c([2H])c([2H])c([2H])c([2H])c8c8c([2H])c([2H])c([2H])c([2H])c87)c([2H])c([2H])c65)c([2H])c43)c2[2H])c([2H])c1[2H]. The van der Waals surface area contributed by atoms with Crippen LogP contribution >= 0.6 is 0 Å². The van der Waals surface area contributed by atoms with Gasteiger partial charge in [-0.1, -0.05) is 139 Å². The first-order valence-electron chi connectivity index (χ1n) is 34.3. The molecule has 3 nitrogen and oxygen atoms in total. The molecule has 0 bridgehead atoms. The van der Waals surface area contributed by atoms with E-state index in [1.54, 1.807) is 0 Å². The Labute approximate surface area is 378 Å². The maximum atomic E-state index is 10.4. The third-order valence-corrected chi connectivity index (χ3v) is 9.23. The van der Waals surface area contributed by atoms with Crippen LogP contribution in [0.3, 0.4) is 0 Å². The first-order valence-corrected chi connectivity index (χ1v) is 16.8. The zero-order valence-corrected chi connectivity index (χ0v) is 28.3. The fourth-order valence-electron chi connectivity index (χ4n) is 6.89. The molecule has 3 heteroatoms. The zero-order chi connectivity index (χ0) is 67.9. The highest BCUT2D eigenvalue weighted by Crippen LogP contribution is 2.40. The summed E-state index contributed by atoms with van der Waals surface area (Å²) in [5.41, 5.74) is -11.6. The smallest absolute Gasteiger partial charge is 0.0667 e. The molecule has 3 heterocycles. The zero-order valence-electron chi connectivity index (χ0n) is 63.3. The molecule has 12 aromatic rings. The molecule has 0 amide bonds. The number of hydrogen-bond donors (Lipinski definition) is 0. The maximum absolute atomic E-state index is 10.4. The Morgan fingerprint density at radius 2 is 0.596 bits per heavy atom. The van der Waals surface area contributed by atoms with Gasteiger partial charge in [0.05, 0.1) is 81.1 Å². The summed E-state index contributed by atoms with van der Waals surface area (Å²) in [6.45, 7) is 0. The van der Waals surface area contributed by atoms with Crippen LogP contribution in [0.25, 0.3) is 105 Å². The number of para-hydroxylation sites is 4. The predicted molar refractivity (Wildman–Crippen MR) is 240 cm³/mol. The van der Waals surface area contributed by atoms with Gasteiger partial charge in [0.1, 0.15) is 0 Å². The van der Waals surface area contributed by atoms with Gasteiger partial charge in [0.25, 0.3) is 0 Å². The van der Waals surface area contributed by atoms with Gasteiger partial charge in [0.2, 0.25) is 0 Å². The van der Waals surface area contributed by atoms with Crippen LogP contribution in [0.2, 0.25) is 0 Å². The third kappa shape index (κ3) is 4.86. The van der Waals surface area contributed by atoms with Crippen molar-refractivity contribution >= 4 is 65.4 Å². The second-order valence-corrected chi connectivity index (χ2v) is 12.3. The van der Waals surface area contributed by atoms with Crippen LogP contribution in [0.1, 0.15) is 48.0 Å². The average molecular weight is 761 g/mol. The largest absolute Gasteiger partial charge is 0.309 e. The normalized spacial score (nSPS) is 20.5. The monoisotopic (exact) mass is 761 g/mol. The van der Waals surface area contributed by atoms with E-state index in [-0.39, 0.29) is 0 Å². The average Bonchev–Trinajstić information content (AvgIpc) is 1.50. The highest BCUT2D eigenvalue weighted by Gasteiger charge is 2.19. The Balaban J connectivity index is 1.35. The van der Waals surface area contributed by atoms with E-state index >= 15 is 0 Å². The van der Waals surface area contributed by atoms with Crippen molar-refractivity contribution in [2.24, 2.45) is 0 Å². The van der Waals surface area contributed by atoms with Crippen molar-refractivity contribution in [1.82, 2.24) is 13.7 Å². The topological polar surface area (TPSA) is 14.8 Å². The molecule has 0 N–H and O–H groups in total. The first kappa shape index (κ1) is 12.7. The lowest BCUT2D eigenvalue weighted by molar-refractivity contribution is 1.15. The van der Waals surface area contributed by atoms with E-state index < -0.39 is 316 Å². The van der Waals surface area contributed by atoms with Crippen LogP contribution in [0.5, 0.6) is 0 Å². The lowest BCUT2D eigenvalue weighted by Gasteiger charge is -2.15. The standard InChI is InChI=1S/C54H35N3/c1-3-15-36(16-4-1)38-31-39(37-17-5-2-6-18-37)33-42(32-38)57-51-25-13-9-21-45(51)47-29-27-41(35-54(47)57)56-52-26-14-10-22-46(52)48-34-40(28-30-53(48)56)55-49-23-11-7-19-43(49)44-20-8-12-24-50(44)55/h1-35H/i1D,2D,3D,4D,5D,6D,7D,8D,9D,10D,11D,12D,13D,14D,15D,16D,17D,18D,19D,20D,21D,22D,23D,24D,25D,26D,27D,28D,29D,30D,31D,32D,33D,34D,35D. The molecule has 266 valence electrons. The summed E-state index contributed by atoms with van der Waals surface area (Å²) in [5, 5.41) is -4.02. The molecular formula is C54H35N3. The van der Waals surface area contributed by atoms with E-state index in [4.69, 9.17) is 30.2 Å². The van der Waals surface area contributed by atoms with Gasteiger partial charge in [-0.15, -0.1) is 0 Å². The van der Waals surface area contributed by atoms with Gasteiger partial charge in [-0.2, -0.15) is 0 Å². The van der Waals surface area contributed by atoms with Gasteiger partial charge in [0, 0.05) is 49.4 Å². The van der Waals surface area contributed by atoms with Crippen molar-refractivity contribution in [3.05, 3.63) is 211 Å². The molecule has 0 aliphatic heterocycles. The molecule has 0 unspecified atom stereocenters. The summed E-state index contributed by atoms with van der Waals surface area (Å²) in [4.78, 5) is 0. The molecule has 0 aliphatic rings. The van der Waals surface area contributed by atoms with Crippen molar-refractivity contribution < 1.29 is 48.0 Å². The molecule has 9 aromatic carbocycles. The van der Waals surface area contributed by atoms with E-state index in [9.17, 15) is 17.8 Å². The molecule has 3 aromatic heterocycles. The number of hydrogen-bond acceptors (Lipinski definition) is 0. The van der Waals surface area contributed by atoms with E-state index in [1.165, 1.54) is 0 Å². The lowest BCUT2D eigenvalue weighted by Crippen LogP contribution is -1.98. The second-order valence-electron chi connectivity index (χ2n) is 12.3. The Bertz CT molecular complexity index is 5350. The third-order valence-electron chi connectivity index (χ3n) is 9.23. The van der Waals surface area contributed by atoms with Crippen LogP contribution in [0, 0.1) is 0 Å². The lowest BCUT2D eigenvalue weighted by atomic mass is 9.98. The molecule has 12 rings (SSSR count). The quantitative estimate of drug-likeness (QED) is 0.166. The van der Waals surface area contributed by atoms with Gasteiger partial charge in [-0.25, -0.2) is 0 Å². The van der Waals surface area contributed by atoms with Crippen molar-refractivity contribution in [2.75, 3.05) is 0 Å². The van der Waals surface area contributed by atoms with Gasteiger partial charge >= 0.3 is 0 Å². The summed E-state index contributed by atoms with van der Waals surface area (Å²) in [5.74, 6) is 0. The molecule has 0 fully saturated rings. The van der Waals surface area contributed by atoms with Crippen molar-refractivity contribution in [1.29, 1.82) is 0 Å². The van der Waals surface area contributed by atoms with Crippen molar-refractivity contribution in [3.8, 4) is 39.3 Å². The van der Waals surface area contributed by atoms with Crippen LogP contribution in [0.4, 0.5) is 0 Å². The highest BCUT2D eigenvalue weighted by atomic mass is 15.0. The fraction of sp³-hybridized carbons (Fsp3) is 0. The molecule has 0 radical (unpaired) electrons. The summed E-state index contributed by atoms with van der Waals surface area (Å²) in [6, 6.07) is -36.1. The van der Waals surface area contributed by atoms with E-state index in [2.05, 4.69) is 0 Å².